The first-order valence-corrected chi connectivity index (χ1v) is 10.9. The predicted molar refractivity (Wildman–Crippen MR) is 123 cm³/mol. The normalized spacial score (nSPS) is 10.8. The highest BCUT2D eigenvalue weighted by atomic mass is 32.2. The van der Waals surface area contributed by atoms with Gasteiger partial charge in [-0.05, 0) is 68.1 Å². The van der Waals surface area contributed by atoms with Crippen molar-refractivity contribution < 1.29 is 18.8 Å². The van der Waals surface area contributed by atoms with Crippen molar-refractivity contribution >= 4 is 23.4 Å². The van der Waals surface area contributed by atoms with Crippen molar-refractivity contribution in [2.75, 3.05) is 12.4 Å². The molecule has 1 amide bonds. The van der Waals surface area contributed by atoms with E-state index in [-0.39, 0.29) is 5.91 Å². The number of anilines is 1. The molecule has 0 radical (unpaired) electrons. The van der Waals surface area contributed by atoms with E-state index in [1.165, 1.54) is 18.9 Å². The Morgan fingerprint density at radius 3 is 2.58 bits per heavy atom. The number of benzene rings is 2. The molecule has 10 heteroatoms. The Kier molecular flexibility index (Phi) is 6.64. The van der Waals surface area contributed by atoms with Crippen molar-refractivity contribution in [1.82, 2.24) is 19.9 Å². The molecule has 2 heterocycles. The lowest BCUT2D eigenvalue weighted by atomic mass is 10.1. The second kappa shape index (κ2) is 9.78. The first kappa shape index (κ1) is 22.4. The molecular formula is C23H23N5O4S. The minimum atomic E-state index is -0.251. The van der Waals surface area contributed by atoms with Gasteiger partial charge < -0.3 is 23.9 Å². The molecule has 4 aromatic rings. The van der Waals surface area contributed by atoms with Crippen molar-refractivity contribution in [2.45, 2.75) is 30.5 Å². The molecular weight excluding hydrogens is 442 g/mol. The first-order chi connectivity index (χ1) is 15.9. The van der Waals surface area contributed by atoms with Gasteiger partial charge in [-0.25, -0.2) is 0 Å². The van der Waals surface area contributed by atoms with Gasteiger partial charge in [0.2, 0.25) is 0 Å². The van der Waals surface area contributed by atoms with Crippen LogP contribution in [0, 0.1) is 13.8 Å². The maximum absolute atomic E-state index is 12.8. The summed E-state index contributed by atoms with van der Waals surface area (Å²) in [5.41, 5.74) is 2.80. The highest BCUT2D eigenvalue weighted by molar-refractivity contribution is 7.99. The predicted octanol–water partition coefficient (Wildman–Crippen LogP) is 4.41. The van der Waals surface area contributed by atoms with Gasteiger partial charge in [0.15, 0.2) is 16.7 Å². The van der Waals surface area contributed by atoms with Crippen LogP contribution in [0.15, 0.2) is 63.4 Å². The van der Waals surface area contributed by atoms with Crippen LogP contribution in [0.2, 0.25) is 0 Å². The molecule has 9 nitrogen and oxygen atoms in total. The lowest BCUT2D eigenvalue weighted by Crippen LogP contribution is -2.12. The van der Waals surface area contributed by atoms with Gasteiger partial charge in [0.25, 0.3) is 5.91 Å². The Balaban J connectivity index is 1.41. The number of hydrogen-bond acceptors (Lipinski definition) is 8. The number of ether oxygens (including phenoxy) is 2. The van der Waals surface area contributed by atoms with Crippen LogP contribution in [0.4, 0.5) is 5.69 Å². The summed E-state index contributed by atoms with van der Waals surface area (Å²) in [6, 6.07) is 12.6. The molecule has 0 aliphatic rings. The second-order valence-electron chi connectivity index (χ2n) is 7.26. The Labute approximate surface area is 195 Å². The summed E-state index contributed by atoms with van der Waals surface area (Å²) >= 11 is 1.49. The third kappa shape index (κ3) is 5.17. The molecule has 2 aromatic carbocycles. The average Bonchev–Trinajstić information content (AvgIpc) is 3.37. The number of carbonyl (C=O) groups excluding carboxylic acids is 1. The van der Waals surface area contributed by atoms with Gasteiger partial charge in [-0.1, -0.05) is 5.16 Å². The summed E-state index contributed by atoms with van der Waals surface area (Å²) in [6.45, 7) is 3.99. The van der Waals surface area contributed by atoms with Gasteiger partial charge >= 0.3 is 0 Å². The molecule has 0 spiro atoms. The molecule has 2 aromatic heterocycles. The number of nitrogens with one attached hydrogen (secondary N) is 1. The molecule has 4 rings (SSSR count). The molecule has 0 fully saturated rings. The molecule has 0 unspecified atom stereocenters. The van der Waals surface area contributed by atoms with Crippen LogP contribution >= 0.6 is 11.8 Å². The highest BCUT2D eigenvalue weighted by Crippen LogP contribution is 2.30. The van der Waals surface area contributed by atoms with E-state index in [9.17, 15) is 4.79 Å². The fourth-order valence-corrected chi connectivity index (χ4v) is 3.83. The third-order valence-electron chi connectivity index (χ3n) is 4.97. The second-order valence-corrected chi connectivity index (χ2v) is 8.30. The maximum atomic E-state index is 12.8. The van der Waals surface area contributed by atoms with Gasteiger partial charge in [0.05, 0.1) is 18.4 Å². The van der Waals surface area contributed by atoms with Crippen LogP contribution in [0.1, 0.15) is 27.4 Å². The van der Waals surface area contributed by atoms with Crippen molar-refractivity contribution in [1.29, 1.82) is 0 Å². The van der Waals surface area contributed by atoms with Crippen LogP contribution in [-0.4, -0.2) is 32.9 Å². The van der Waals surface area contributed by atoms with Gasteiger partial charge in [-0.2, -0.15) is 0 Å². The first-order valence-electron chi connectivity index (χ1n) is 10.1. The summed E-state index contributed by atoms with van der Waals surface area (Å²) in [7, 11) is 3.42. The molecule has 0 saturated carbocycles. The zero-order valence-corrected chi connectivity index (χ0v) is 19.5. The number of amides is 1. The van der Waals surface area contributed by atoms with Crippen LogP contribution in [0.3, 0.4) is 0 Å². The summed E-state index contributed by atoms with van der Waals surface area (Å²) in [4.78, 5) is 13.7. The van der Waals surface area contributed by atoms with E-state index in [2.05, 4.69) is 20.7 Å². The summed E-state index contributed by atoms with van der Waals surface area (Å²) in [5, 5.41) is 15.5. The standard InChI is InChI=1S/C23H23N5O4S/c1-14-19(15(2)32-27-14)12-31-20-10-5-16(11-21(20)30-4)22(29)25-17-6-8-18(9-7-17)33-23-26-24-13-28(23)3/h5-11,13H,12H2,1-4H3,(H,25,29). The van der Waals surface area contributed by atoms with E-state index in [1.54, 1.807) is 24.5 Å². The third-order valence-corrected chi connectivity index (χ3v) is 6.03. The number of carbonyl (C=O) groups is 1. The van der Waals surface area contributed by atoms with E-state index < -0.39 is 0 Å². The van der Waals surface area contributed by atoms with Gasteiger partial charge in [0, 0.05) is 23.2 Å². The summed E-state index contributed by atoms with van der Waals surface area (Å²) < 4.78 is 18.3. The van der Waals surface area contributed by atoms with E-state index in [0.29, 0.717) is 35.1 Å². The Bertz CT molecular complexity index is 1250. The molecule has 0 saturated heterocycles. The number of aromatic nitrogens is 4. The smallest absolute Gasteiger partial charge is 0.255 e. The molecule has 0 bridgehead atoms. The van der Waals surface area contributed by atoms with Crippen molar-refractivity contribution in [3.8, 4) is 11.5 Å². The van der Waals surface area contributed by atoms with Crippen LogP contribution < -0.4 is 14.8 Å². The lowest BCUT2D eigenvalue weighted by Gasteiger charge is -2.12. The minimum Gasteiger partial charge on any atom is -0.493 e. The molecule has 0 aliphatic carbocycles. The van der Waals surface area contributed by atoms with Gasteiger partial charge in [-0.15, -0.1) is 10.2 Å². The van der Waals surface area contributed by atoms with E-state index in [4.69, 9.17) is 14.0 Å². The van der Waals surface area contributed by atoms with Crippen LogP contribution in [-0.2, 0) is 13.7 Å². The fourth-order valence-electron chi connectivity index (χ4n) is 3.07. The monoisotopic (exact) mass is 465 g/mol. The molecule has 1 N–H and O–H groups in total. The minimum absolute atomic E-state index is 0.251. The van der Waals surface area contributed by atoms with Gasteiger partial charge in [0.1, 0.15) is 18.7 Å². The quantitative estimate of drug-likeness (QED) is 0.408. The Morgan fingerprint density at radius 1 is 1.15 bits per heavy atom. The average molecular weight is 466 g/mol. The summed E-state index contributed by atoms with van der Waals surface area (Å²) in [6.07, 6.45) is 1.65. The van der Waals surface area contributed by atoms with Crippen molar-refractivity contribution in [3.05, 3.63) is 71.4 Å². The van der Waals surface area contributed by atoms with Crippen LogP contribution in [0.5, 0.6) is 11.5 Å². The van der Waals surface area contributed by atoms with Crippen molar-refractivity contribution in [2.24, 2.45) is 7.05 Å². The topological polar surface area (TPSA) is 104 Å². The molecule has 0 aliphatic heterocycles. The maximum Gasteiger partial charge on any atom is 0.255 e. The lowest BCUT2D eigenvalue weighted by molar-refractivity contribution is 0.102. The molecule has 170 valence electrons. The van der Waals surface area contributed by atoms with E-state index >= 15 is 0 Å². The van der Waals surface area contributed by atoms with E-state index in [1.807, 2.05) is 49.7 Å². The molecule has 0 atom stereocenters. The highest BCUT2D eigenvalue weighted by Gasteiger charge is 2.14. The number of aryl methyl sites for hydroxylation is 3. The summed E-state index contributed by atoms with van der Waals surface area (Å²) in [5.74, 6) is 1.45. The SMILES string of the molecule is COc1cc(C(=O)Nc2ccc(Sc3nncn3C)cc2)ccc1OCc1c(C)noc1C. The zero-order chi connectivity index (χ0) is 23.4. The zero-order valence-electron chi connectivity index (χ0n) is 18.7. The Hall–Kier alpha value is -3.79. The van der Waals surface area contributed by atoms with Crippen LogP contribution in [0.25, 0.3) is 0 Å². The number of rotatable bonds is 8. The number of methoxy groups -OCH3 is 1. The van der Waals surface area contributed by atoms with Gasteiger partial charge in [-0.3, -0.25) is 4.79 Å². The number of hydrogen-bond donors (Lipinski definition) is 1. The largest absolute Gasteiger partial charge is 0.493 e. The molecule has 33 heavy (non-hydrogen) atoms. The van der Waals surface area contributed by atoms with Crippen molar-refractivity contribution in [3.63, 3.8) is 0 Å². The van der Waals surface area contributed by atoms with E-state index in [0.717, 1.165) is 21.3 Å². The number of nitrogens with zero attached hydrogens (tertiary/aromatic N) is 4. The Morgan fingerprint density at radius 2 is 1.94 bits per heavy atom. The fraction of sp³-hybridized carbons (Fsp3) is 0.217.